The SMILES string of the molecule is CC(Oc1c(Cl)cc(Cl)cc1C(=O)O)C(=O)NC1CC1. The van der Waals surface area contributed by atoms with E-state index in [-0.39, 0.29) is 33.3 Å². The minimum absolute atomic E-state index is 0.0537. The van der Waals surface area contributed by atoms with E-state index in [4.69, 9.17) is 33.0 Å². The van der Waals surface area contributed by atoms with E-state index < -0.39 is 12.1 Å². The van der Waals surface area contributed by atoms with Crippen molar-refractivity contribution in [3.8, 4) is 5.75 Å². The second kappa shape index (κ2) is 5.89. The van der Waals surface area contributed by atoms with Crippen LogP contribution in [0.25, 0.3) is 0 Å². The van der Waals surface area contributed by atoms with Gasteiger partial charge >= 0.3 is 5.97 Å². The molecule has 7 heteroatoms. The summed E-state index contributed by atoms with van der Waals surface area (Å²) in [5.41, 5.74) is -0.173. The van der Waals surface area contributed by atoms with Gasteiger partial charge in [0.15, 0.2) is 11.9 Å². The summed E-state index contributed by atoms with van der Waals surface area (Å²) >= 11 is 11.7. The van der Waals surface area contributed by atoms with Crippen molar-refractivity contribution in [2.75, 3.05) is 0 Å². The van der Waals surface area contributed by atoms with E-state index in [2.05, 4.69) is 5.32 Å². The number of halogens is 2. The van der Waals surface area contributed by atoms with Crippen LogP contribution in [0.3, 0.4) is 0 Å². The van der Waals surface area contributed by atoms with Crippen molar-refractivity contribution in [2.24, 2.45) is 0 Å². The number of carbonyl (C=O) groups excluding carboxylic acids is 1. The predicted octanol–water partition coefficient (Wildman–Crippen LogP) is 2.74. The van der Waals surface area contributed by atoms with Gasteiger partial charge in [0.25, 0.3) is 5.91 Å². The third-order valence-electron chi connectivity index (χ3n) is 2.83. The first-order valence-electron chi connectivity index (χ1n) is 6.08. The predicted molar refractivity (Wildman–Crippen MR) is 74.7 cm³/mol. The van der Waals surface area contributed by atoms with Gasteiger partial charge in [-0.3, -0.25) is 4.79 Å². The molecule has 1 aromatic carbocycles. The largest absolute Gasteiger partial charge is 0.478 e. The first-order chi connectivity index (χ1) is 9.38. The fourth-order valence-electron chi connectivity index (χ4n) is 1.62. The molecule has 0 heterocycles. The monoisotopic (exact) mass is 317 g/mol. The summed E-state index contributed by atoms with van der Waals surface area (Å²) in [6.07, 6.45) is 1.08. The van der Waals surface area contributed by atoms with E-state index in [0.29, 0.717) is 0 Å². The van der Waals surface area contributed by atoms with Gasteiger partial charge in [-0.2, -0.15) is 0 Å². The number of aromatic carboxylic acids is 1. The second-order valence-corrected chi connectivity index (χ2v) is 5.46. The molecule has 2 N–H and O–H groups in total. The Morgan fingerprint density at radius 1 is 1.40 bits per heavy atom. The molecule has 0 aromatic heterocycles. The standard InChI is InChI=1S/C13H13Cl2NO4/c1-6(12(17)16-8-2-3-8)20-11-9(13(18)19)4-7(14)5-10(11)15/h4-6,8H,2-3H2,1H3,(H,16,17)(H,18,19). The number of hydrogen-bond acceptors (Lipinski definition) is 3. The summed E-state index contributed by atoms with van der Waals surface area (Å²) in [7, 11) is 0. The third kappa shape index (κ3) is 3.55. The van der Waals surface area contributed by atoms with Crippen LogP contribution >= 0.6 is 23.2 Å². The Labute approximate surface area is 125 Å². The van der Waals surface area contributed by atoms with Crippen LogP contribution < -0.4 is 10.1 Å². The van der Waals surface area contributed by atoms with Crippen LogP contribution in [0.1, 0.15) is 30.1 Å². The number of carboxylic acid groups (broad SMARTS) is 1. The molecule has 1 aliphatic rings. The van der Waals surface area contributed by atoms with Crippen molar-refractivity contribution in [3.63, 3.8) is 0 Å². The Balaban J connectivity index is 2.18. The maximum absolute atomic E-state index is 11.8. The lowest BCUT2D eigenvalue weighted by molar-refractivity contribution is -0.127. The lowest BCUT2D eigenvalue weighted by Crippen LogP contribution is -2.37. The van der Waals surface area contributed by atoms with Crippen LogP contribution in [0, 0.1) is 0 Å². The van der Waals surface area contributed by atoms with Crippen molar-refractivity contribution < 1.29 is 19.4 Å². The molecule has 1 saturated carbocycles. The Hall–Kier alpha value is -1.46. The van der Waals surface area contributed by atoms with Gasteiger partial charge in [-0.15, -0.1) is 0 Å². The topological polar surface area (TPSA) is 75.6 Å². The minimum Gasteiger partial charge on any atom is -0.478 e. The van der Waals surface area contributed by atoms with Crippen molar-refractivity contribution >= 4 is 35.1 Å². The molecule has 0 radical (unpaired) electrons. The molecule has 1 aliphatic carbocycles. The van der Waals surface area contributed by atoms with Gasteiger partial charge in [-0.25, -0.2) is 4.79 Å². The second-order valence-electron chi connectivity index (χ2n) is 4.61. The molecule has 1 amide bonds. The van der Waals surface area contributed by atoms with E-state index >= 15 is 0 Å². The van der Waals surface area contributed by atoms with Gasteiger partial charge in [0.05, 0.1) is 5.02 Å². The summed E-state index contributed by atoms with van der Waals surface area (Å²) in [6, 6.07) is 2.81. The first kappa shape index (κ1) is 14.9. The summed E-state index contributed by atoms with van der Waals surface area (Å²) < 4.78 is 5.40. The van der Waals surface area contributed by atoms with Crippen molar-refractivity contribution in [2.45, 2.75) is 31.9 Å². The molecule has 2 rings (SSSR count). The molecule has 20 heavy (non-hydrogen) atoms. The van der Waals surface area contributed by atoms with Crippen molar-refractivity contribution in [1.82, 2.24) is 5.32 Å². The Kier molecular flexibility index (Phi) is 4.40. The van der Waals surface area contributed by atoms with E-state index in [1.165, 1.54) is 19.1 Å². The number of nitrogens with one attached hydrogen (secondary N) is 1. The van der Waals surface area contributed by atoms with Crippen molar-refractivity contribution in [3.05, 3.63) is 27.7 Å². The third-order valence-corrected chi connectivity index (χ3v) is 3.33. The van der Waals surface area contributed by atoms with E-state index in [9.17, 15) is 9.59 Å². The zero-order valence-electron chi connectivity index (χ0n) is 10.7. The highest BCUT2D eigenvalue weighted by molar-refractivity contribution is 6.36. The first-order valence-corrected chi connectivity index (χ1v) is 6.83. The van der Waals surface area contributed by atoms with Gasteiger partial charge in [0.2, 0.25) is 0 Å². The van der Waals surface area contributed by atoms with Crippen LogP contribution in [0.4, 0.5) is 0 Å². The van der Waals surface area contributed by atoms with Crippen LogP contribution in [-0.2, 0) is 4.79 Å². The number of amides is 1. The quantitative estimate of drug-likeness (QED) is 0.875. The molecule has 1 atom stereocenters. The number of carboxylic acids is 1. The van der Waals surface area contributed by atoms with Crippen LogP contribution in [0.2, 0.25) is 10.0 Å². The summed E-state index contributed by atoms with van der Waals surface area (Å²) in [4.78, 5) is 23.0. The Morgan fingerprint density at radius 2 is 2.05 bits per heavy atom. The maximum Gasteiger partial charge on any atom is 0.339 e. The molecule has 0 saturated heterocycles. The Morgan fingerprint density at radius 3 is 2.60 bits per heavy atom. The Bertz CT molecular complexity index is 558. The van der Waals surface area contributed by atoms with E-state index in [0.717, 1.165) is 12.8 Å². The number of hydrogen-bond donors (Lipinski definition) is 2. The molecule has 0 aliphatic heterocycles. The zero-order valence-corrected chi connectivity index (χ0v) is 12.2. The highest BCUT2D eigenvalue weighted by Crippen LogP contribution is 2.33. The average Bonchev–Trinajstić information content (AvgIpc) is 3.15. The number of rotatable bonds is 5. The number of benzene rings is 1. The molecular weight excluding hydrogens is 305 g/mol. The lowest BCUT2D eigenvalue weighted by Gasteiger charge is -2.17. The summed E-state index contributed by atoms with van der Waals surface area (Å²) in [5.74, 6) is -1.57. The highest BCUT2D eigenvalue weighted by Gasteiger charge is 2.27. The molecule has 0 bridgehead atoms. The minimum atomic E-state index is -1.22. The normalized spacial score (nSPS) is 15.6. The van der Waals surface area contributed by atoms with Crippen molar-refractivity contribution in [1.29, 1.82) is 0 Å². The fraction of sp³-hybridized carbons (Fsp3) is 0.385. The molecule has 1 unspecified atom stereocenters. The molecule has 1 aromatic rings. The highest BCUT2D eigenvalue weighted by atomic mass is 35.5. The maximum atomic E-state index is 11.8. The van der Waals surface area contributed by atoms with Crippen LogP contribution in [0.5, 0.6) is 5.75 Å². The zero-order chi connectivity index (χ0) is 14.9. The molecule has 108 valence electrons. The molecule has 0 spiro atoms. The smallest absolute Gasteiger partial charge is 0.339 e. The van der Waals surface area contributed by atoms with Gasteiger partial charge in [0.1, 0.15) is 5.56 Å². The van der Waals surface area contributed by atoms with Gasteiger partial charge in [-0.05, 0) is 31.9 Å². The number of carbonyl (C=O) groups is 2. The van der Waals surface area contributed by atoms with Crippen LogP contribution in [0.15, 0.2) is 12.1 Å². The molecule has 1 fully saturated rings. The average molecular weight is 318 g/mol. The molecular formula is C13H13Cl2NO4. The van der Waals surface area contributed by atoms with Gasteiger partial charge in [-0.1, -0.05) is 23.2 Å². The number of ether oxygens (including phenoxy) is 1. The fourth-order valence-corrected chi connectivity index (χ4v) is 2.15. The summed E-state index contributed by atoms with van der Waals surface area (Å²) in [5, 5.41) is 12.1. The molecule has 5 nitrogen and oxygen atoms in total. The van der Waals surface area contributed by atoms with E-state index in [1.807, 2.05) is 0 Å². The summed E-state index contributed by atoms with van der Waals surface area (Å²) in [6.45, 7) is 1.54. The van der Waals surface area contributed by atoms with Crippen LogP contribution in [-0.4, -0.2) is 29.1 Å². The van der Waals surface area contributed by atoms with Gasteiger partial charge in [0, 0.05) is 11.1 Å². The lowest BCUT2D eigenvalue weighted by atomic mass is 10.2. The van der Waals surface area contributed by atoms with Gasteiger partial charge < -0.3 is 15.2 Å². The van der Waals surface area contributed by atoms with E-state index in [1.54, 1.807) is 0 Å².